The highest BCUT2D eigenvalue weighted by Gasteiger charge is 2.41. The number of hydrogen-bond acceptors (Lipinski definition) is 5. The van der Waals surface area contributed by atoms with Crippen LogP contribution < -0.4 is 5.73 Å². The Labute approximate surface area is 122 Å². The average molecular weight is 290 g/mol. The number of nitrogens with zero attached hydrogens (tertiary/aromatic N) is 1. The first-order chi connectivity index (χ1) is 9.62. The van der Waals surface area contributed by atoms with Crippen LogP contribution in [-0.2, 0) is 21.4 Å². The molecule has 0 amide bonds. The van der Waals surface area contributed by atoms with Crippen molar-refractivity contribution in [1.29, 1.82) is 0 Å². The van der Waals surface area contributed by atoms with E-state index in [-0.39, 0.29) is 12.5 Å². The smallest absolute Gasteiger partial charge is 0.318 e. The first-order valence-electron chi connectivity index (χ1n) is 6.37. The second kappa shape index (κ2) is 6.15. The molecular formula is C15H18N2O2S. The van der Waals surface area contributed by atoms with E-state index in [1.54, 1.807) is 0 Å². The summed E-state index contributed by atoms with van der Waals surface area (Å²) in [5, 5.41) is 2.86. The Morgan fingerprint density at radius 3 is 2.60 bits per heavy atom. The van der Waals surface area contributed by atoms with Crippen molar-refractivity contribution in [3.05, 3.63) is 52.0 Å². The van der Waals surface area contributed by atoms with Crippen LogP contribution in [0.3, 0.4) is 0 Å². The number of benzene rings is 1. The van der Waals surface area contributed by atoms with Crippen molar-refractivity contribution in [2.75, 3.05) is 13.7 Å². The van der Waals surface area contributed by atoms with Crippen LogP contribution in [0, 0.1) is 6.92 Å². The molecule has 2 aromatic rings. The minimum Gasteiger partial charge on any atom is -0.468 e. The molecular weight excluding hydrogens is 272 g/mol. The lowest BCUT2D eigenvalue weighted by Crippen LogP contribution is -2.45. The van der Waals surface area contributed by atoms with Crippen LogP contribution in [0.25, 0.3) is 0 Å². The summed E-state index contributed by atoms with van der Waals surface area (Å²) < 4.78 is 5.00. The van der Waals surface area contributed by atoms with Gasteiger partial charge in [0.25, 0.3) is 0 Å². The van der Waals surface area contributed by atoms with Crippen molar-refractivity contribution in [3.63, 3.8) is 0 Å². The monoisotopic (exact) mass is 290 g/mol. The molecule has 1 unspecified atom stereocenters. The first-order valence-corrected chi connectivity index (χ1v) is 7.25. The van der Waals surface area contributed by atoms with E-state index in [2.05, 4.69) is 4.98 Å². The van der Waals surface area contributed by atoms with Crippen molar-refractivity contribution in [2.45, 2.75) is 18.8 Å². The van der Waals surface area contributed by atoms with Gasteiger partial charge in [-0.1, -0.05) is 30.3 Å². The summed E-state index contributed by atoms with van der Waals surface area (Å²) in [7, 11) is 1.39. The molecule has 106 valence electrons. The second-order valence-electron chi connectivity index (χ2n) is 4.70. The van der Waals surface area contributed by atoms with Crippen molar-refractivity contribution in [3.8, 4) is 0 Å². The van der Waals surface area contributed by atoms with Crippen LogP contribution in [0.2, 0.25) is 0 Å². The number of carbonyl (C=O) groups excluding carboxylic acids is 1. The molecule has 0 saturated heterocycles. The Bertz CT molecular complexity index is 583. The SMILES string of the molecule is COC(=O)C(CN)(Cc1nc(C)cs1)c1ccccc1. The van der Waals surface area contributed by atoms with Gasteiger partial charge in [0.2, 0.25) is 0 Å². The maximum Gasteiger partial charge on any atom is 0.318 e. The minimum atomic E-state index is -0.875. The number of carbonyl (C=O) groups is 1. The van der Waals surface area contributed by atoms with E-state index in [0.29, 0.717) is 6.42 Å². The van der Waals surface area contributed by atoms with Gasteiger partial charge in [0.15, 0.2) is 0 Å². The lowest BCUT2D eigenvalue weighted by atomic mass is 9.77. The lowest BCUT2D eigenvalue weighted by Gasteiger charge is -2.29. The number of esters is 1. The van der Waals surface area contributed by atoms with Gasteiger partial charge in [-0.2, -0.15) is 0 Å². The molecule has 0 radical (unpaired) electrons. The maximum atomic E-state index is 12.4. The van der Waals surface area contributed by atoms with Gasteiger partial charge in [-0.15, -0.1) is 11.3 Å². The molecule has 0 aliphatic rings. The number of rotatable bonds is 5. The fraction of sp³-hybridized carbons (Fsp3) is 0.333. The summed E-state index contributed by atoms with van der Waals surface area (Å²) in [5.41, 5.74) is 6.89. The molecule has 2 rings (SSSR count). The van der Waals surface area contributed by atoms with Gasteiger partial charge in [0, 0.05) is 24.0 Å². The number of nitrogens with two attached hydrogens (primary N) is 1. The number of aryl methyl sites for hydroxylation is 1. The third kappa shape index (κ3) is 2.73. The fourth-order valence-corrected chi connectivity index (χ4v) is 3.15. The molecule has 1 atom stereocenters. The summed E-state index contributed by atoms with van der Waals surface area (Å²) in [6.07, 6.45) is 0.457. The molecule has 1 heterocycles. The maximum absolute atomic E-state index is 12.4. The zero-order valence-electron chi connectivity index (χ0n) is 11.6. The van der Waals surface area contributed by atoms with Crippen LogP contribution in [0.4, 0.5) is 0 Å². The van der Waals surface area contributed by atoms with E-state index in [9.17, 15) is 4.79 Å². The summed E-state index contributed by atoms with van der Waals surface area (Å²) in [6, 6.07) is 9.52. The number of ether oxygens (including phenoxy) is 1. The standard InChI is InChI=1S/C15H18N2O2S/c1-11-9-20-13(17-11)8-15(10-16,14(18)19-2)12-6-4-3-5-7-12/h3-7,9H,8,10,16H2,1-2H3. The number of methoxy groups -OCH3 is 1. The van der Waals surface area contributed by atoms with E-state index in [0.717, 1.165) is 16.3 Å². The highest BCUT2D eigenvalue weighted by molar-refractivity contribution is 7.09. The topological polar surface area (TPSA) is 65.2 Å². The van der Waals surface area contributed by atoms with Crippen LogP contribution in [0.1, 0.15) is 16.3 Å². The predicted octanol–water partition coefficient (Wildman–Crippen LogP) is 2.06. The molecule has 1 aromatic heterocycles. The zero-order chi connectivity index (χ0) is 14.6. The van der Waals surface area contributed by atoms with Crippen LogP contribution in [-0.4, -0.2) is 24.6 Å². The largest absolute Gasteiger partial charge is 0.468 e. The molecule has 1 aromatic carbocycles. The normalized spacial score (nSPS) is 13.8. The van der Waals surface area contributed by atoms with E-state index in [1.807, 2.05) is 42.6 Å². The Hall–Kier alpha value is -1.72. The third-order valence-corrected chi connectivity index (χ3v) is 4.34. The third-order valence-electron chi connectivity index (χ3n) is 3.37. The van der Waals surface area contributed by atoms with Crippen molar-refractivity contribution in [2.24, 2.45) is 5.73 Å². The predicted molar refractivity (Wildman–Crippen MR) is 79.7 cm³/mol. The molecule has 0 aliphatic heterocycles. The Balaban J connectivity index is 2.45. The Kier molecular flexibility index (Phi) is 4.52. The van der Waals surface area contributed by atoms with Crippen molar-refractivity contribution >= 4 is 17.3 Å². The van der Waals surface area contributed by atoms with Gasteiger partial charge in [-0.3, -0.25) is 4.79 Å². The number of thiazole rings is 1. The highest BCUT2D eigenvalue weighted by Crippen LogP contribution is 2.30. The first kappa shape index (κ1) is 14.7. The summed E-state index contributed by atoms with van der Waals surface area (Å²) in [6.45, 7) is 2.12. The molecule has 0 bridgehead atoms. The lowest BCUT2D eigenvalue weighted by molar-refractivity contribution is -0.147. The van der Waals surface area contributed by atoms with Gasteiger partial charge >= 0.3 is 5.97 Å². The van der Waals surface area contributed by atoms with Crippen LogP contribution in [0.15, 0.2) is 35.7 Å². The molecule has 4 nitrogen and oxygen atoms in total. The molecule has 0 saturated carbocycles. The minimum absolute atomic E-state index is 0.183. The van der Waals surface area contributed by atoms with E-state index >= 15 is 0 Å². The molecule has 0 spiro atoms. The second-order valence-corrected chi connectivity index (χ2v) is 5.65. The van der Waals surface area contributed by atoms with Gasteiger partial charge in [0.1, 0.15) is 5.41 Å². The Morgan fingerprint density at radius 1 is 1.40 bits per heavy atom. The average Bonchev–Trinajstić information content (AvgIpc) is 2.90. The van der Waals surface area contributed by atoms with Crippen molar-refractivity contribution in [1.82, 2.24) is 4.98 Å². The fourth-order valence-electron chi connectivity index (χ4n) is 2.26. The van der Waals surface area contributed by atoms with E-state index in [1.165, 1.54) is 18.4 Å². The molecule has 0 fully saturated rings. The summed E-state index contributed by atoms with van der Waals surface area (Å²) >= 11 is 1.54. The number of aromatic nitrogens is 1. The van der Waals surface area contributed by atoms with Crippen LogP contribution >= 0.6 is 11.3 Å². The summed E-state index contributed by atoms with van der Waals surface area (Å²) in [5.74, 6) is -0.320. The highest BCUT2D eigenvalue weighted by atomic mass is 32.1. The molecule has 5 heteroatoms. The zero-order valence-corrected chi connectivity index (χ0v) is 12.4. The molecule has 2 N–H and O–H groups in total. The molecule has 20 heavy (non-hydrogen) atoms. The van der Waals surface area contributed by atoms with Gasteiger partial charge in [-0.25, -0.2) is 4.98 Å². The van der Waals surface area contributed by atoms with Crippen molar-refractivity contribution < 1.29 is 9.53 Å². The Morgan fingerprint density at radius 2 is 2.10 bits per heavy atom. The van der Waals surface area contributed by atoms with Gasteiger partial charge in [0.05, 0.1) is 12.1 Å². The molecule has 0 aliphatic carbocycles. The summed E-state index contributed by atoms with van der Waals surface area (Å²) in [4.78, 5) is 16.8. The number of hydrogen-bond donors (Lipinski definition) is 1. The van der Waals surface area contributed by atoms with Crippen LogP contribution in [0.5, 0.6) is 0 Å². The van der Waals surface area contributed by atoms with Gasteiger partial charge < -0.3 is 10.5 Å². The van der Waals surface area contributed by atoms with E-state index < -0.39 is 5.41 Å². The van der Waals surface area contributed by atoms with E-state index in [4.69, 9.17) is 10.5 Å². The quantitative estimate of drug-likeness (QED) is 0.856. The van der Waals surface area contributed by atoms with Gasteiger partial charge in [-0.05, 0) is 12.5 Å².